The Morgan fingerprint density at radius 2 is 1.81 bits per heavy atom. The molecule has 1 aliphatic heterocycles. The summed E-state index contributed by atoms with van der Waals surface area (Å²) in [4.78, 5) is 26.4. The monoisotopic (exact) mass is 419 g/mol. The first-order valence-electron chi connectivity index (χ1n) is 11.3. The lowest BCUT2D eigenvalue weighted by molar-refractivity contribution is 0.0717. The standard InChI is InChI=1S/C24H29N5O2/c1-17-15-22(27-24(25-17)26-19-8-3-2-4-9-19)28-11-13-29(14-12-28)23(30)21-16-18-7-5-6-10-20(18)31-21/h5-7,10,15-16,19H,2-4,8-9,11-14H2,1H3,(H,25,26,27). The lowest BCUT2D eigenvalue weighted by Crippen LogP contribution is -2.49. The molecule has 2 fully saturated rings. The Morgan fingerprint density at radius 1 is 1.03 bits per heavy atom. The molecule has 1 N–H and O–H groups in total. The number of fused-ring (bicyclic) bond motifs is 1. The molecule has 2 aromatic heterocycles. The second kappa shape index (κ2) is 8.57. The number of carbonyl (C=O) groups excluding carboxylic acids is 1. The van der Waals surface area contributed by atoms with Gasteiger partial charge in [0.05, 0.1) is 0 Å². The van der Waals surface area contributed by atoms with E-state index in [4.69, 9.17) is 9.40 Å². The highest BCUT2D eigenvalue weighted by molar-refractivity contribution is 5.96. The number of hydrogen-bond donors (Lipinski definition) is 1. The van der Waals surface area contributed by atoms with E-state index in [9.17, 15) is 4.79 Å². The topological polar surface area (TPSA) is 74.5 Å². The number of nitrogens with zero attached hydrogens (tertiary/aromatic N) is 4. The molecule has 7 nitrogen and oxygen atoms in total. The Labute approximate surface area is 182 Å². The highest BCUT2D eigenvalue weighted by atomic mass is 16.3. The molecule has 162 valence electrons. The molecule has 2 aliphatic rings. The van der Waals surface area contributed by atoms with Gasteiger partial charge in [0.15, 0.2) is 5.76 Å². The lowest BCUT2D eigenvalue weighted by Gasteiger charge is -2.35. The summed E-state index contributed by atoms with van der Waals surface area (Å²) in [6.07, 6.45) is 6.26. The van der Waals surface area contributed by atoms with Gasteiger partial charge in [-0.1, -0.05) is 37.5 Å². The van der Waals surface area contributed by atoms with Gasteiger partial charge < -0.3 is 19.5 Å². The highest BCUT2D eigenvalue weighted by Crippen LogP contribution is 2.24. The van der Waals surface area contributed by atoms with Crippen molar-refractivity contribution in [3.8, 4) is 0 Å². The van der Waals surface area contributed by atoms with Crippen molar-refractivity contribution < 1.29 is 9.21 Å². The van der Waals surface area contributed by atoms with Crippen LogP contribution in [0.1, 0.15) is 48.4 Å². The van der Waals surface area contributed by atoms with Crippen molar-refractivity contribution in [2.45, 2.75) is 45.1 Å². The molecule has 1 aliphatic carbocycles. The molecule has 1 saturated heterocycles. The second-order valence-corrected chi connectivity index (χ2v) is 8.60. The normalized spacial score (nSPS) is 17.8. The fourth-order valence-corrected chi connectivity index (χ4v) is 4.59. The molecule has 0 bridgehead atoms. The van der Waals surface area contributed by atoms with Crippen LogP contribution in [0.15, 0.2) is 40.8 Å². The third kappa shape index (κ3) is 4.36. The number of aromatic nitrogens is 2. The van der Waals surface area contributed by atoms with Gasteiger partial charge in [-0.3, -0.25) is 4.79 Å². The van der Waals surface area contributed by atoms with Crippen LogP contribution in [-0.4, -0.2) is 53.0 Å². The summed E-state index contributed by atoms with van der Waals surface area (Å²) in [5, 5.41) is 4.49. The van der Waals surface area contributed by atoms with Crippen molar-refractivity contribution in [3.63, 3.8) is 0 Å². The zero-order valence-corrected chi connectivity index (χ0v) is 18.0. The van der Waals surface area contributed by atoms with Crippen molar-refractivity contribution in [2.75, 3.05) is 36.4 Å². The van der Waals surface area contributed by atoms with Crippen molar-refractivity contribution in [3.05, 3.63) is 47.9 Å². The predicted molar refractivity (Wildman–Crippen MR) is 122 cm³/mol. The number of para-hydroxylation sites is 1. The molecule has 31 heavy (non-hydrogen) atoms. The number of amides is 1. The lowest BCUT2D eigenvalue weighted by atomic mass is 9.96. The minimum absolute atomic E-state index is 0.0469. The summed E-state index contributed by atoms with van der Waals surface area (Å²) in [5.74, 6) is 2.02. The number of anilines is 2. The van der Waals surface area contributed by atoms with Crippen LogP contribution in [0.5, 0.6) is 0 Å². The summed E-state index contributed by atoms with van der Waals surface area (Å²) in [6, 6.07) is 12.1. The Hall–Kier alpha value is -3.09. The number of aryl methyl sites for hydroxylation is 1. The number of nitrogens with one attached hydrogen (secondary N) is 1. The van der Waals surface area contributed by atoms with Gasteiger partial charge in [0.25, 0.3) is 5.91 Å². The third-order valence-electron chi connectivity index (χ3n) is 6.31. The number of carbonyl (C=O) groups is 1. The van der Waals surface area contributed by atoms with Gasteiger partial charge in [-0.15, -0.1) is 0 Å². The summed E-state index contributed by atoms with van der Waals surface area (Å²) in [5.41, 5.74) is 1.71. The molecule has 7 heteroatoms. The second-order valence-electron chi connectivity index (χ2n) is 8.60. The smallest absolute Gasteiger partial charge is 0.289 e. The van der Waals surface area contributed by atoms with E-state index in [0.717, 1.165) is 41.5 Å². The van der Waals surface area contributed by atoms with E-state index >= 15 is 0 Å². The minimum Gasteiger partial charge on any atom is -0.451 e. The molecule has 5 rings (SSSR count). The summed E-state index contributed by atoms with van der Waals surface area (Å²) in [7, 11) is 0. The van der Waals surface area contributed by atoms with E-state index in [1.165, 1.54) is 32.1 Å². The average molecular weight is 420 g/mol. The van der Waals surface area contributed by atoms with Crippen LogP contribution in [0.25, 0.3) is 11.0 Å². The molecular weight excluding hydrogens is 390 g/mol. The molecule has 0 radical (unpaired) electrons. The van der Waals surface area contributed by atoms with Gasteiger partial charge >= 0.3 is 0 Å². The molecule has 0 unspecified atom stereocenters. The van der Waals surface area contributed by atoms with Crippen LogP contribution >= 0.6 is 0 Å². The molecular formula is C24H29N5O2. The van der Waals surface area contributed by atoms with Gasteiger partial charge in [-0.05, 0) is 31.9 Å². The minimum atomic E-state index is -0.0469. The number of piperazine rings is 1. The summed E-state index contributed by atoms with van der Waals surface area (Å²) in [6.45, 7) is 4.78. The predicted octanol–water partition coefficient (Wildman–Crippen LogP) is 4.24. The van der Waals surface area contributed by atoms with Gasteiger partial charge in [0, 0.05) is 49.4 Å². The Balaban J connectivity index is 1.24. The summed E-state index contributed by atoms with van der Waals surface area (Å²) < 4.78 is 5.76. The van der Waals surface area contributed by atoms with Gasteiger partial charge in [-0.2, -0.15) is 4.98 Å². The average Bonchev–Trinajstić information content (AvgIpc) is 3.23. The Bertz CT molecular complexity index is 1030. The van der Waals surface area contributed by atoms with Crippen LogP contribution in [0.4, 0.5) is 11.8 Å². The van der Waals surface area contributed by atoms with E-state index in [1.807, 2.05) is 48.2 Å². The van der Waals surface area contributed by atoms with E-state index in [-0.39, 0.29) is 5.91 Å². The molecule has 3 heterocycles. The fraction of sp³-hybridized carbons (Fsp3) is 0.458. The largest absolute Gasteiger partial charge is 0.451 e. The molecule has 0 atom stereocenters. The number of rotatable bonds is 4. The molecule has 3 aromatic rings. The quantitative estimate of drug-likeness (QED) is 0.682. The van der Waals surface area contributed by atoms with Gasteiger partial charge in [-0.25, -0.2) is 4.98 Å². The van der Waals surface area contributed by atoms with Crippen LogP contribution in [0.2, 0.25) is 0 Å². The molecule has 1 amide bonds. The van der Waals surface area contributed by atoms with E-state index in [2.05, 4.69) is 15.2 Å². The van der Waals surface area contributed by atoms with Crippen LogP contribution in [0.3, 0.4) is 0 Å². The van der Waals surface area contributed by atoms with Crippen molar-refractivity contribution in [1.82, 2.24) is 14.9 Å². The van der Waals surface area contributed by atoms with Crippen molar-refractivity contribution in [2.24, 2.45) is 0 Å². The first-order chi connectivity index (χ1) is 15.2. The van der Waals surface area contributed by atoms with Crippen LogP contribution in [-0.2, 0) is 0 Å². The van der Waals surface area contributed by atoms with E-state index in [0.29, 0.717) is 24.9 Å². The van der Waals surface area contributed by atoms with E-state index < -0.39 is 0 Å². The molecule has 1 aromatic carbocycles. The fourth-order valence-electron chi connectivity index (χ4n) is 4.59. The molecule has 1 saturated carbocycles. The number of furan rings is 1. The highest BCUT2D eigenvalue weighted by Gasteiger charge is 2.26. The first kappa shape index (κ1) is 19.8. The SMILES string of the molecule is Cc1cc(N2CCN(C(=O)c3cc4ccccc4o3)CC2)nc(NC2CCCCC2)n1. The van der Waals surface area contributed by atoms with Crippen molar-refractivity contribution in [1.29, 1.82) is 0 Å². The van der Waals surface area contributed by atoms with Crippen LogP contribution < -0.4 is 10.2 Å². The number of benzene rings is 1. The Kier molecular flexibility index (Phi) is 5.49. The first-order valence-corrected chi connectivity index (χ1v) is 11.3. The van der Waals surface area contributed by atoms with E-state index in [1.54, 1.807) is 0 Å². The Morgan fingerprint density at radius 3 is 2.58 bits per heavy atom. The third-order valence-corrected chi connectivity index (χ3v) is 6.31. The van der Waals surface area contributed by atoms with Gasteiger partial charge in [0.1, 0.15) is 11.4 Å². The summed E-state index contributed by atoms with van der Waals surface area (Å²) >= 11 is 0. The zero-order chi connectivity index (χ0) is 21.2. The maximum absolute atomic E-state index is 12.9. The van der Waals surface area contributed by atoms with Gasteiger partial charge in [0.2, 0.25) is 5.95 Å². The maximum Gasteiger partial charge on any atom is 0.289 e. The zero-order valence-electron chi connectivity index (χ0n) is 18.0. The maximum atomic E-state index is 12.9. The van der Waals surface area contributed by atoms with Crippen molar-refractivity contribution >= 4 is 28.6 Å². The molecule has 0 spiro atoms. The van der Waals surface area contributed by atoms with Crippen LogP contribution in [0, 0.1) is 6.92 Å². The number of hydrogen-bond acceptors (Lipinski definition) is 6.